The number of nitrogens with one attached hydrogen (secondary N) is 2. The van der Waals surface area contributed by atoms with Gasteiger partial charge in [-0.25, -0.2) is 14.8 Å². The standard InChI is InChI=1S/C23H20N4O3S/c1-14-19(15-6-3-2-4-7-15)20-21(25-13-26-22(20)31-14)24-11-10-18(28)27-17-9-5-8-16(12-17)23(29)30/h2-9,12-13H,10-11H2,1H3,(H,27,28)(H,29,30)(H,24,25,26). The smallest absolute Gasteiger partial charge is 0.335 e. The lowest BCUT2D eigenvalue weighted by atomic mass is 10.0. The molecule has 3 N–H and O–H groups in total. The molecule has 0 aliphatic rings. The summed E-state index contributed by atoms with van der Waals surface area (Å²) in [5.41, 5.74) is 2.77. The molecule has 0 unspecified atom stereocenters. The number of carboxylic acids is 1. The Morgan fingerprint density at radius 2 is 1.87 bits per heavy atom. The van der Waals surface area contributed by atoms with Crippen molar-refractivity contribution in [3.05, 3.63) is 71.4 Å². The highest BCUT2D eigenvalue weighted by Gasteiger charge is 2.16. The lowest BCUT2D eigenvalue weighted by Gasteiger charge is -2.10. The van der Waals surface area contributed by atoms with Crippen molar-refractivity contribution in [2.45, 2.75) is 13.3 Å². The number of anilines is 2. The van der Waals surface area contributed by atoms with Crippen LogP contribution in [0.3, 0.4) is 0 Å². The summed E-state index contributed by atoms with van der Waals surface area (Å²) in [6.45, 7) is 2.44. The number of carbonyl (C=O) groups is 2. The first-order valence-electron chi connectivity index (χ1n) is 9.69. The van der Waals surface area contributed by atoms with Crippen LogP contribution >= 0.6 is 11.3 Å². The zero-order chi connectivity index (χ0) is 21.8. The van der Waals surface area contributed by atoms with Crippen LogP contribution in [0.2, 0.25) is 0 Å². The summed E-state index contributed by atoms with van der Waals surface area (Å²) in [7, 11) is 0. The van der Waals surface area contributed by atoms with Crippen molar-refractivity contribution in [1.29, 1.82) is 0 Å². The Kier molecular flexibility index (Phi) is 5.90. The number of benzene rings is 2. The monoisotopic (exact) mass is 432 g/mol. The molecule has 2 heterocycles. The number of carboxylic acid groups (broad SMARTS) is 1. The number of nitrogens with zero attached hydrogens (tertiary/aromatic N) is 2. The predicted molar refractivity (Wildman–Crippen MR) is 123 cm³/mol. The fraction of sp³-hybridized carbons (Fsp3) is 0.130. The minimum Gasteiger partial charge on any atom is -0.478 e. The predicted octanol–water partition coefficient (Wildman–Crippen LogP) is 4.81. The van der Waals surface area contributed by atoms with Crippen LogP contribution in [0, 0.1) is 6.92 Å². The second-order valence-corrected chi connectivity index (χ2v) is 8.12. The molecule has 0 saturated carbocycles. The molecule has 0 atom stereocenters. The van der Waals surface area contributed by atoms with Crippen molar-refractivity contribution in [2.75, 3.05) is 17.2 Å². The lowest BCUT2D eigenvalue weighted by Crippen LogP contribution is -2.17. The molecule has 31 heavy (non-hydrogen) atoms. The van der Waals surface area contributed by atoms with Crippen LogP contribution < -0.4 is 10.6 Å². The Labute approximate surface area is 182 Å². The molecule has 8 heteroatoms. The molecule has 2 aromatic carbocycles. The number of fused-ring (bicyclic) bond motifs is 1. The van der Waals surface area contributed by atoms with Gasteiger partial charge in [-0.3, -0.25) is 4.79 Å². The summed E-state index contributed by atoms with van der Waals surface area (Å²) < 4.78 is 0. The zero-order valence-corrected chi connectivity index (χ0v) is 17.6. The van der Waals surface area contributed by atoms with Gasteiger partial charge < -0.3 is 15.7 Å². The van der Waals surface area contributed by atoms with Gasteiger partial charge in [0, 0.05) is 29.1 Å². The summed E-state index contributed by atoms with van der Waals surface area (Å²) in [4.78, 5) is 34.2. The summed E-state index contributed by atoms with van der Waals surface area (Å²) in [5, 5.41) is 16.0. The fourth-order valence-corrected chi connectivity index (χ4v) is 4.39. The third kappa shape index (κ3) is 4.54. The van der Waals surface area contributed by atoms with E-state index < -0.39 is 5.97 Å². The van der Waals surface area contributed by atoms with Crippen LogP contribution in [0.25, 0.3) is 21.3 Å². The molecule has 0 bridgehead atoms. The van der Waals surface area contributed by atoms with Crippen LogP contribution in [0.1, 0.15) is 21.7 Å². The normalized spacial score (nSPS) is 10.7. The van der Waals surface area contributed by atoms with Gasteiger partial charge in [-0.15, -0.1) is 11.3 Å². The Bertz CT molecular complexity index is 1250. The van der Waals surface area contributed by atoms with Crippen LogP contribution in [0.4, 0.5) is 11.5 Å². The van der Waals surface area contributed by atoms with Gasteiger partial charge in [0.1, 0.15) is 17.0 Å². The summed E-state index contributed by atoms with van der Waals surface area (Å²) in [5.74, 6) is -0.565. The first-order chi connectivity index (χ1) is 15.0. The molecule has 0 radical (unpaired) electrons. The van der Waals surface area contributed by atoms with E-state index in [0.717, 1.165) is 26.2 Å². The average molecular weight is 433 g/mol. The Morgan fingerprint density at radius 3 is 2.65 bits per heavy atom. The van der Waals surface area contributed by atoms with Crippen LogP contribution in [-0.2, 0) is 4.79 Å². The third-order valence-electron chi connectivity index (χ3n) is 4.76. The highest BCUT2D eigenvalue weighted by Crippen LogP contribution is 2.40. The van der Waals surface area contributed by atoms with Crippen molar-refractivity contribution in [3.63, 3.8) is 0 Å². The van der Waals surface area contributed by atoms with Gasteiger partial charge in [0.25, 0.3) is 0 Å². The van der Waals surface area contributed by atoms with E-state index in [2.05, 4.69) is 39.7 Å². The summed E-state index contributed by atoms with van der Waals surface area (Å²) in [6.07, 6.45) is 1.72. The topological polar surface area (TPSA) is 104 Å². The van der Waals surface area contributed by atoms with Crippen molar-refractivity contribution in [3.8, 4) is 11.1 Å². The molecule has 4 aromatic rings. The van der Waals surface area contributed by atoms with Crippen LogP contribution in [0.15, 0.2) is 60.9 Å². The van der Waals surface area contributed by atoms with E-state index in [1.54, 1.807) is 23.5 Å². The maximum Gasteiger partial charge on any atom is 0.335 e. The van der Waals surface area contributed by atoms with Crippen molar-refractivity contribution < 1.29 is 14.7 Å². The van der Waals surface area contributed by atoms with Gasteiger partial charge >= 0.3 is 5.97 Å². The van der Waals surface area contributed by atoms with Gasteiger partial charge in [0.2, 0.25) is 5.91 Å². The Morgan fingerprint density at radius 1 is 1.06 bits per heavy atom. The van der Waals surface area contributed by atoms with Gasteiger partial charge in [-0.05, 0) is 30.7 Å². The van der Waals surface area contributed by atoms with Gasteiger partial charge in [0.15, 0.2) is 0 Å². The third-order valence-corrected chi connectivity index (χ3v) is 5.78. The molecular weight excluding hydrogens is 412 g/mol. The number of carbonyl (C=O) groups excluding carboxylic acids is 1. The first kappa shape index (κ1) is 20.5. The number of hydrogen-bond donors (Lipinski definition) is 3. The summed E-state index contributed by atoms with van der Waals surface area (Å²) >= 11 is 1.61. The SMILES string of the molecule is Cc1sc2ncnc(NCCC(=O)Nc3cccc(C(=O)O)c3)c2c1-c1ccccc1. The minimum atomic E-state index is -1.04. The number of thiophene rings is 1. The van der Waals surface area contributed by atoms with E-state index in [4.69, 9.17) is 5.11 Å². The number of aromatic carboxylic acids is 1. The lowest BCUT2D eigenvalue weighted by molar-refractivity contribution is -0.115. The molecule has 0 spiro atoms. The average Bonchev–Trinajstić information content (AvgIpc) is 3.11. The number of amides is 1. The number of hydrogen-bond acceptors (Lipinski definition) is 6. The van der Waals surface area contributed by atoms with E-state index in [1.165, 1.54) is 18.5 Å². The molecule has 0 aliphatic heterocycles. The quantitative estimate of drug-likeness (QED) is 0.387. The Hall–Kier alpha value is -3.78. The molecular formula is C23H20N4O3S. The Balaban J connectivity index is 1.48. The molecule has 4 rings (SSSR count). The highest BCUT2D eigenvalue weighted by molar-refractivity contribution is 7.19. The van der Waals surface area contributed by atoms with E-state index in [1.807, 2.05) is 18.2 Å². The van der Waals surface area contributed by atoms with Gasteiger partial charge in [-0.2, -0.15) is 0 Å². The van der Waals surface area contributed by atoms with E-state index in [0.29, 0.717) is 18.1 Å². The first-order valence-corrected chi connectivity index (χ1v) is 10.5. The highest BCUT2D eigenvalue weighted by atomic mass is 32.1. The van der Waals surface area contributed by atoms with E-state index in [-0.39, 0.29) is 17.9 Å². The molecule has 0 fully saturated rings. The maximum atomic E-state index is 12.3. The largest absolute Gasteiger partial charge is 0.478 e. The minimum absolute atomic E-state index is 0.126. The molecule has 7 nitrogen and oxygen atoms in total. The molecule has 2 aromatic heterocycles. The second kappa shape index (κ2) is 8.93. The van der Waals surface area contributed by atoms with Crippen LogP contribution in [-0.4, -0.2) is 33.5 Å². The zero-order valence-electron chi connectivity index (χ0n) is 16.8. The molecule has 0 saturated heterocycles. The summed E-state index contributed by atoms with van der Waals surface area (Å²) in [6, 6.07) is 16.3. The van der Waals surface area contributed by atoms with Crippen molar-refractivity contribution >= 4 is 44.9 Å². The second-order valence-electron chi connectivity index (χ2n) is 6.91. The van der Waals surface area contributed by atoms with Gasteiger partial charge in [0.05, 0.1) is 10.9 Å². The maximum absolute atomic E-state index is 12.3. The van der Waals surface area contributed by atoms with Crippen molar-refractivity contribution in [1.82, 2.24) is 9.97 Å². The number of rotatable bonds is 7. The molecule has 1 amide bonds. The van der Waals surface area contributed by atoms with E-state index >= 15 is 0 Å². The number of aryl methyl sites for hydroxylation is 1. The van der Waals surface area contributed by atoms with E-state index in [9.17, 15) is 9.59 Å². The van der Waals surface area contributed by atoms with Crippen molar-refractivity contribution in [2.24, 2.45) is 0 Å². The molecule has 0 aliphatic carbocycles. The fourth-order valence-electron chi connectivity index (χ4n) is 3.38. The molecule has 156 valence electrons. The number of aromatic nitrogens is 2. The van der Waals surface area contributed by atoms with Crippen LogP contribution in [0.5, 0.6) is 0 Å². The van der Waals surface area contributed by atoms with Gasteiger partial charge in [-0.1, -0.05) is 36.4 Å².